The van der Waals surface area contributed by atoms with Gasteiger partial charge in [-0.1, -0.05) is 13.8 Å². The molecule has 0 aromatic carbocycles. The molecule has 1 aromatic heterocycles. The van der Waals surface area contributed by atoms with E-state index in [2.05, 4.69) is 6.07 Å². The molecule has 0 N–H and O–H groups in total. The average molecular weight is 319 g/mol. The Labute approximate surface area is 137 Å². The average Bonchev–Trinajstić information content (AvgIpc) is 2.55. The predicted molar refractivity (Wildman–Crippen MR) is 88.1 cm³/mol. The van der Waals surface area contributed by atoms with Crippen LogP contribution in [0, 0.1) is 17.2 Å². The minimum atomic E-state index is -0.320. The van der Waals surface area contributed by atoms with Gasteiger partial charge in [0, 0.05) is 25.8 Å². The van der Waals surface area contributed by atoms with E-state index in [1.165, 1.54) is 4.57 Å². The maximum Gasteiger partial charge on any atom is 0.292 e. The maximum atomic E-state index is 12.3. The molecular formula is C17H25N3O3. The van der Waals surface area contributed by atoms with Gasteiger partial charge in [0.2, 0.25) is 0 Å². The number of hydrogen-bond donors (Lipinski definition) is 0. The number of pyridine rings is 1. The highest BCUT2D eigenvalue weighted by Crippen LogP contribution is 2.05. The third-order valence-electron chi connectivity index (χ3n) is 3.37. The molecule has 6 heteroatoms. The lowest BCUT2D eigenvalue weighted by atomic mass is 10.2. The Morgan fingerprint density at radius 1 is 1.39 bits per heavy atom. The summed E-state index contributed by atoms with van der Waals surface area (Å²) in [5.41, 5.74) is -0.320. The molecule has 1 amide bonds. The minimum absolute atomic E-state index is 0.117. The van der Waals surface area contributed by atoms with E-state index in [1.54, 1.807) is 30.2 Å². The van der Waals surface area contributed by atoms with Crippen LogP contribution >= 0.6 is 0 Å². The van der Waals surface area contributed by atoms with Crippen LogP contribution in [0.25, 0.3) is 0 Å². The van der Waals surface area contributed by atoms with Crippen LogP contribution in [-0.2, 0) is 11.3 Å². The van der Waals surface area contributed by atoms with Gasteiger partial charge in [0.05, 0.1) is 12.0 Å². The molecule has 23 heavy (non-hydrogen) atoms. The van der Waals surface area contributed by atoms with Crippen LogP contribution in [0.15, 0.2) is 23.1 Å². The number of aromatic nitrogens is 1. The Kier molecular flexibility index (Phi) is 7.89. The molecule has 6 nitrogen and oxygen atoms in total. The number of rotatable bonds is 9. The van der Waals surface area contributed by atoms with Gasteiger partial charge < -0.3 is 14.2 Å². The van der Waals surface area contributed by atoms with Crippen LogP contribution in [0.5, 0.6) is 5.75 Å². The lowest BCUT2D eigenvalue weighted by Gasteiger charge is -2.21. The fourth-order valence-corrected chi connectivity index (χ4v) is 2.24. The summed E-state index contributed by atoms with van der Waals surface area (Å²) < 4.78 is 6.85. The van der Waals surface area contributed by atoms with Gasteiger partial charge in [-0.25, -0.2) is 0 Å². The molecule has 0 saturated carbocycles. The number of carbonyl (C=O) groups excluding carboxylic acids is 1. The third-order valence-corrected chi connectivity index (χ3v) is 3.37. The summed E-state index contributed by atoms with van der Waals surface area (Å²) in [5, 5.41) is 8.85. The first-order valence-electron chi connectivity index (χ1n) is 8.03. The summed E-state index contributed by atoms with van der Waals surface area (Å²) in [5.74, 6) is -0.248. The number of hydrogen-bond acceptors (Lipinski definition) is 4. The topological polar surface area (TPSA) is 75.3 Å². The molecule has 0 radical (unpaired) electrons. The van der Waals surface area contributed by atoms with E-state index in [0.717, 1.165) is 12.8 Å². The molecule has 1 rings (SSSR count). The van der Waals surface area contributed by atoms with Crippen molar-refractivity contribution >= 4 is 5.91 Å². The summed E-state index contributed by atoms with van der Waals surface area (Å²) in [7, 11) is 0. The number of ether oxygens (including phenoxy) is 1. The molecule has 0 fully saturated rings. The van der Waals surface area contributed by atoms with Crippen LogP contribution in [-0.4, -0.2) is 35.1 Å². The van der Waals surface area contributed by atoms with Gasteiger partial charge in [-0.05, 0) is 31.9 Å². The highest BCUT2D eigenvalue weighted by atomic mass is 16.5. The van der Waals surface area contributed by atoms with Gasteiger partial charge in [0.1, 0.15) is 0 Å². The minimum Gasteiger partial charge on any atom is -0.478 e. The van der Waals surface area contributed by atoms with Gasteiger partial charge in [0.15, 0.2) is 12.4 Å². The summed E-state index contributed by atoms with van der Waals surface area (Å²) in [4.78, 5) is 26.2. The summed E-state index contributed by atoms with van der Waals surface area (Å²) in [6.45, 7) is 7.32. The van der Waals surface area contributed by atoms with E-state index in [1.807, 2.05) is 13.8 Å². The molecule has 0 aliphatic carbocycles. The number of carbonyl (C=O) groups is 1. The molecule has 0 bridgehead atoms. The third kappa shape index (κ3) is 5.78. The lowest BCUT2D eigenvalue weighted by Crippen LogP contribution is -2.36. The predicted octanol–water partition coefficient (Wildman–Crippen LogP) is 2.04. The molecule has 0 saturated heterocycles. The molecule has 126 valence electrons. The largest absolute Gasteiger partial charge is 0.478 e. The monoisotopic (exact) mass is 319 g/mol. The SMILES string of the molecule is CCCN(CCC)C(=O)COc1cccn(CC(C)C#N)c1=O. The van der Waals surface area contributed by atoms with Crippen molar-refractivity contribution in [2.75, 3.05) is 19.7 Å². The molecule has 0 aliphatic rings. The Morgan fingerprint density at radius 2 is 2.04 bits per heavy atom. The fourth-order valence-electron chi connectivity index (χ4n) is 2.24. The van der Waals surface area contributed by atoms with Crippen molar-refractivity contribution in [3.63, 3.8) is 0 Å². The first kappa shape index (κ1) is 18.8. The first-order valence-corrected chi connectivity index (χ1v) is 8.03. The number of amides is 1. The van der Waals surface area contributed by atoms with E-state index < -0.39 is 0 Å². The zero-order chi connectivity index (χ0) is 17.2. The molecular weight excluding hydrogens is 294 g/mol. The van der Waals surface area contributed by atoms with E-state index in [4.69, 9.17) is 10.00 Å². The Morgan fingerprint density at radius 3 is 2.61 bits per heavy atom. The molecule has 1 heterocycles. The van der Waals surface area contributed by atoms with E-state index in [0.29, 0.717) is 19.6 Å². The van der Waals surface area contributed by atoms with Gasteiger partial charge in [-0.3, -0.25) is 9.59 Å². The standard InChI is InChI=1S/C17H25N3O3/c1-4-8-19(9-5-2)16(21)13-23-15-7-6-10-20(17(15)22)12-14(3)11-18/h6-7,10,14H,4-5,8-9,12-13H2,1-3H3. The lowest BCUT2D eigenvalue weighted by molar-refractivity contribution is -0.133. The molecule has 1 atom stereocenters. The Balaban J connectivity index is 2.74. The molecule has 0 spiro atoms. The van der Waals surface area contributed by atoms with E-state index in [9.17, 15) is 9.59 Å². The van der Waals surface area contributed by atoms with Gasteiger partial charge in [-0.15, -0.1) is 0 Å². The van der Waals surface area contributed by atoms with Crippen molar-refractivity contribution < 1.29 is 9.53 Å². The van der Waals surface area contributed by atoms with Crippen LogP contribution in [0.4, 0.5) is 0 Å². The van der Waals surface area contributed by atoms with Crippen molar-refractivity contribution in [3.8, 4) is 11.8 Å². The second-order valence-electron chi connectivity index (χ2n) is 5.53. The smallest absolute Gasteiger partial charge is 0.292 e. The van der Waals surface area contributed by atoms with Crippen molar-refractivity contribution in [1.29, 1.82) is 5.26 Å². The van der Waals surface area contributed by atoms with Crippen LogP contribution in [0.3, 0.4) is 0 Å². The van der Waals surface area contributed by atoms with Gasteiger partial charge in [-0.2, -0.15) is 5.26 Å². The highest BCUT2D eigenvalue weighted by Gasteiger charge is 2.14. The zero-order valence-corrected chi connectivity index (χ0v) is 14.1. The highest BCUT2D eigenvalue weighted by molar-refractivity contribution is 5.77. The van der Waals surface area contributed by atoms with Crippen molar-refractivity contribution in [3.05, 3.63) is 28.7 Å². The van der Waals surface area contributed by atoms with Gasteiger partial charge in [0.25, 0.3) is 11.5 Å². The van der Waals surface area contributed by atoms with Crippen LogP contribution in [0.2, 0.25) is 0 Å². The van der Waals surface area contributed by atoms with Crippen LogP contribution in [0.1, 0.15) is 33.6 Å². The van der Waals surface area contributed by atoms with E-state index in [-0.39, 0.29) is 29.7 Å². The second-order valence-corrected chi connectivity index (χ2v) is 5.53. The maximum absolute atomic E-state index is 12.3. The second kappa shape index (κ2) is 9.67. The van der Waals surface area contributed by atoms with Gasteiger partial charge >= 0.3 is 0 Å². The summed E-state index contributed by atoms with van der Waals surface area (Å²) >= 11 is 0. The molecule has 1 unspecified atom stereocenters. The van der Waals surface area contributed by atoms with Crippen LogP contribution < -0.4 is 10.3 Å². The summed E-state index contributed by atoms with van der Waals surface area (Å²) in [6.07, 6.45) is 3.39. The Bertz CT molecular complexity index is 598. The Hall–Kier alpha value is -2.29. The quantitative estimate of drug-likeness (QED) is 0.698. The zero-order valence-electron chi connectivity index (χ0n) is 14.1. The molecule has 1 aromatic rings. The number of nitriles is 1. The van der Waals surface area contributed by atoms with Crippen molar-refractivity contribution in [1.82, 2.24) is 9.47 Å². The van der Waals surface area contributed by atoms with Crippen molar-refractivity contribution in [2.24, 2.45) is 5.92 Å². The molecule has 0 aliphatic heterocycles. The van der Waals surface area contributed by atoms with Crippen molar-refractivity contribution in [2.45, 2.75) is 40.2 Å². The number of nitrogens with zero attached hydrogens (tertiary/aromatic N) is 3. The summed E-state index contributed by atoms with van der Waals surface area (Å²) in [6, 6.07) is 5.32. The fraction of sp³-hybridized carbons (Fsp3) is 0.588. The van der Waals surface area contributed by atoms with E-state index >= 15 is 0 Å². The normalized spacial score (nSPS) is 11.6. The first-order chi connectivity index (χ1) is 11.0.